The molecule has 0 aliphatic heterocycles. The van der Waals surface area contributed by atoms with E-state index in [0.717, 1.165) is 3.78 Å². The third kappa shape index (κ3) is 6.77. The number of unbranched alkanes of at least 4 members (excludes halogenated alkanes) is 3. The molecule has 0 saturated heterocycles. The van der Waals surface area contributed by atoms with E-state index in [2.05, 4.69) is 25.9 Å². The predicted octanol–water partition coefficient (Wildman–Crippen LogP) is 5.54. The average Bonchev–Trinajstić information content (AvgIpc) is 3.05. The van der Waals surface area contributed by atoms with Gasteiger partial charge in [-0.25, -0.2) is 0 Å². The summed E-state index contributed by atoms with van der Waals surface area (Å²) in [6, 6.07) is 1.91. The quantitative estimate of drug-likeness (QED) is 0.313. The van der Waals surface area contributed by atoms with Crippen LogP contribution in [-0.4, -0.2) is 36.1 Å². The van der Waals surface area contributed by atoms with Crippen molar-refractivity contribution in [3.63, 3.8) is 0 Å². The Kier molecular flexibility index (Phi) is 12.5. The first-order valence-electron chi connectivity index (χ1n) is 9.27. The molecular weight excluding hydrogens is 409 g/mol. The van der Waals surface area contributed by atoms with E-state index in [1.165, 1.54) is 51.8 Å². The molecular formula is C19H37NO3Sn. The second-order valence-electron chi connectivity index (χ2n) is 6.39. The van der Waals surface area contributed by atoms with E-state index in [1.54, 1.807) is 0 Å². The normalized spacial score (nSPS) is 11.2. The number of rotatable bonds is 12. The molecule has 4 nitrogen and oxygen atoms in total. The molecule has 0 saturated carbocycles. The first-order chi connectivity index (χ1) is 11.1. The first kappa shape index (κ1) is 23.5. The number of hydrogen-bond donors (Lipinski definition) is 0. The Hall–Kier alpha value is -0.521. The summed E-state index contributed by atoms with van der Waals surface area (Å²) in [6.07, 6.45) is 7.44. The van der Waals surface area contributed by atoms with E-state index in [9.17, 15) is 4.79 Å². The molecule has 0 atom stereocenters. The molecule has 0 amide bonds. The van der Waals surface area contributed by atoms with Crippen molar-refractivity contribution < 1.29 is 14.1 Å². The third-order valence-corrected chi connectivity index (χ3v) is 19.4. The SMILES string of the molecule is C.CCC[CH2][Sn]([CH2]CCC)([CH2]CCC)[c]1cc(C(=O)OCC)no1. The van der Waals surface area contributed by atoms with Gasteiger partial charge in [-0.2, -0.15) is 0 Å². The van der Waals surface area contributed by atoms with E-state index in [1.807, 2.05) is 13.0 Å². The van der Waals surface area contributed by atoms with Crippen molar-refractivity contribution in [2.75, 3.05) is 6.61 Å². The third-order valence-electron chi connectivity index (χ3n) is 4.54. The van der Waals surface area contributed by atoms with Crippen molar-refractivity contribution in [3.05, 3.63) is 11.8 Å². The first-order valence-corrected chi connectivity index (χ1v) is 16.8. The van der Waals surface area contributed by atoms with Crippen LogP contribution in [0.2, 0.25) is 13.3 Å². The van der Waals surface area contributed by atoms with E-state index >= 15 is 0 Å². The van der Waals surface area contributed by atoms with Gasteiger partial charge in [0.15, 0.2) is 0 Å². The van der Waals surface area contributed by atoms with Crippen molar-refractivity contribution in [2.45, 2.75) is 87.0 Å². The summed E-state index contributed by atoms with van der Waals surface area (Å²) in [6.45, 7) is 8.94. The standard InChI is InChI=1S/C6H6NO3.3C4H9.CH4.Sn/c1-2-9-6(8)5-3-4-10-7-5;3*1-3-4-2;;/h3H,2H2,1H3;3*1,3-4H2,2H3;1H4;. The van der Waals surface area contributed by atoms with E-state index in [4.69, 9.17) is 9.26 Å². The van der Waals surface area contributed by atoms with Crippen LogP contribution in [0.15, 0.2) is 10.6 Å². The van der Waals surface area contributed by atoms with E-state index in [0.29, 0.717) is 12.3 Å². The van der Waals surface area contributed by atoms with Gasteiger partial charge in [0.25, 0.3) is 0 Å². The van der Waals surface area contributed by atoms with Crippen LogP contribution in [0.1, 0.15) is 84.1 Å². The van der Waals surface area contributed by atoms with Gasteiger partial charge in [-0.15, -0.1) is 0 Å². The number of carbonyl (C=O) groups excluding carboxylic acids is 1. The molecule has 1 aromatic rings. The van der Waals surface area contributed by atoms with Gasteiger partial charge in [0.2, 0.25) is 0 Å². The van der Waals surface area contributed by atoms with Crippen LogP contribution < -0.4 is 3.78 Å². The van der Waals surface area contributed by atoms with E-state index in [-0.39, 0.29) is 13.4 Å². The van der Waals surface area contributed by atoms with Gasteiger partial charge in [-0.3, -0.25) is 0 Å². The molecule has 1 aromatic heterocycles. The molecule has 5 heteroatoms. The van der Waals surface area contributed by atoms with Gasteiger partial charge >= 0.3 is 145 Å². The predicted molar refractivity (Wildman–Crippen MR) is 104 cm³/mol. The molecule has 0 spiro atoms. The molecule has 140 valence electrons. The monoisotopic (exact) mass is 447 g/mol. The molecule has 0 unspecified atom stereocenters. The molecule has 1 rings (SSSR count). The number of hydrogen-bond acceptors (Lipinski definition) is 4. The summed E-state index contributed by atoms with van der Waals surface area (Å²) in [5.74, 6) is -0.357. The van der Waals surface area contributed by atoms with Crippen molar-refractivity contribution in [1.29, 1.82) is 0 Å². The van der Waals surface area contributed by atoms with Gasteiger partial charge in [0.05, 0.1) is 0 Å². The molecule has 1 heterocycles. The zero-order chi connectivity index (χ0) is 17.1. The maximum absolute atomic E-state index is 11.9. The minimum absolute atomic E-state index is 0. The van der Waals surface area contributed by atoms with Crippen LogP contribution in [0.4, 0.5) is 0 Å². The Bertz CT molecular complexity index is 437. The second-order valence-corrected chi connectivity index (χ2v) is 19.4. The Morgan fingerprint density at radius 1 is 1.04 bits per heavy atom. The number of aromatic nitrogens is 1. The average molecular weight is 446 g/mol. The van der Waals surface area contributed by atoms with Gasteiger partial charge in [0.1, 0.15) is 0 Å². The fraction of sp³-hybridized carbons (Fsp3) is 0.789. The fourth-order valence-corrected chi connectivity index (χ4v) is 18.1. The summed E-state index contributed by atoms with van der Waals surface area (Å²) in [4.78, 5) is 11.9. The van der Waals surface area contributed by atoms with Crippen molar-refractivity contribution in [3.8, 4) is 0 Å². The van der Waals surface area contributed by atoms with Gasteiger partial charge in [-0.05, 0) is 0 Å². The molecule has 0 bridgehead atoms. The number of nitrogens with zero attached hydrogens (tertiary/aromatic N) is 1. The topological polar surface area (TPSA) is 52.3 Å². The molecule has 0 radical (unpaired) electrons. The van der Waals surface area contributed by atoms with Crippen LogP contribution in [-0.2, 0) is 4.74 Å². The number of esters is 1. The summed E-state index contributed by atoms with van der Waals surface area (Å²) >= 11 is -2.61. The summed E-state index contributed by atoms with van der Waals surface area (Å²) < 4.78 is 15.8. The number of carbonyl (C=O) groups is 1. The molecule has 0 aliphatic rings. The van der Waals surface area contributed by atoms with Crippen LogP contribution in [0, 0.1) is 0 Å². The van der Waals surface area contributed by atoms with E-state index < -0.39 is 18.4 Å². The molecule has 0 fully saturated rings. The molecule has 0 aliphatic carbocycles. The Labute approximate surface area is 152 Å². The summed E-state index contributed by atoms with van der Waals surface area (Å²) in [5.41, 5.74) is 0.354. The maximum atomic E-state index is 11.9. The van der Waals surface area contributed by atoms with Crippen LogP contribution in [0.25, 0.3) is 0 Å². The Morgan fingerprint density at radius 2 is 1.54 bits per heavy atom. The van der Waals surface area contributed by atoms with Crippen LogP contribution in [0.5, 0.6) is 0 Å². The van der Waals surface area contributed by atoms with Crippen molar-refractivity contribution in [1.82, 2.24) is 5.16 Å². The Morgan fingerprint density at radius 3 is 1.96 bits per heavy atom. The minimum atomic E-state index is -2.61. The van der Waals surface area contributed by atoms with Gasteiger partial charge in [-0.1, -0.05) is 7.43 Å². The zero-order valence-electron chi connectivity index (χ0n) is 15.3. The Balaban J connectivity index is 0.00000529. The second kappa shape index (κ2) is 12.8. The summed E-state index contributed by atoms with van der Waals surface area (Å²) in [5, 5.41) is 4.03. The molecule has 0 N–H and O–H groups in total. The molecule has 0 aromatic carbocycles. The fourth-order valence-electron chi connectivity index (χ4n) is 3.12. The van der Waals surface area contributed by atoms with Crippen molar-refractivity contribution in [2.24, 2.45) is 0 Å². The van der Waals surface area contributed by atoms with Gasteiger partial charge in [0, 0.05) is 0 Å². The number of ether oxygens (including phenoxy) is 1. The van der Waals surface area contributed by atoms with Crippen LogP contribution in [0.3, 0.4) is 0 Å². The van der Waals surface area contributed by atoms with Crippen molar-refractivity contribution >= 4 is 28.1 Å². The molecule has 24 heavy (non-hydrogen) atoms. The zero-order valence-corrected chi connectivity index (χ0v) is 18.2. The van der Waals surface area contributed by atoms with Crippen LogP contribution >= 0.6 is 0 Å². The summed E-state index contributed by atoms with van der Waals surface area (Å²) in [7, 11) is 0. The van der Waals surface area contributed by atoms with Gasteiger partial charge < -0.3 is 0 Å².